The first kappa shape index (κ1) is 21.0. The molecule has 30 heavy (non-hydrogen) atoms. The highest BCUT2D eigenvalue weighted by molar-refractivity contribution is 8.00. The van der Waals surface area contributed by atoms with Crippen molar-refractivity contribution in [3.05, 3.63) is 59.7 Å². The average molecular weight is 423 g/mol. The van der Waals surface area contributed by atoms with Gasteiger partial charge in [0.25, 0.3) is 5.91 Å². The molecule has 5 heteroatoms. The van der Waals surface area contributed by atoms with Crippen LogP contribution in [0.1, 0.15) is 48.5 Å². The molecule has 158 valence electrons. The molecule has 0 saturated heterocycles. The van der Waals surface area contributed by atoms with Gasteiger partial charge < -0.3 is 10.6 Å². The lowest BCUT2D eigenvalue weighted by Crippen LogP contribution is -2.40. The van der Waals surface area contributed by atoms with E-state index in [-0.39, 0.29) is 23.6 Å². The Balaban J connectivity index is 1.34. The van der Waals surface area contributed by atoms with E-state index in [9.17, 15) is 9.59 Å². The van der Waals surface area contributed by atoms with Gasteiger partial charge in [0, 0.05) is 16.6 Å². The summed E-state index contributed by atoms with van der Waals surface area (Å²) in [5.41, 5.74) is 2.60. The lowest BCUT2D eigenvalue weighted by Gasteiger charge is -2.28. The van der Waals surface area contributed by atoms with Crippen LogP contribution in [0.15, 0.2) is 53.4 Å². The third-order valence-electron chi connectivity index (χ3n) is 6.62. The van der Waals surface area contributed by atoms with Gasteiger partial charge in [-0.05, 0) is 75.1 Å². The molecule has 4 atom stereocenters. The molecule has 2 bridgehead atoms. The number of nitrogens with one attached hydrogen (secondary N) is 2. The summed E-state index contributed by atoms with van der Waals surface area (Å²) in [6.45, 7) is 4.16. The molecule has 0 spiro atoms. The van der Waals surface area contributed by atoms with Crippen LogP contribution in [0.25, 0.3) is 0 Å². The summed E-state index contributed by atoms with van der Waals surface area (Å²) >= 11 is 1.40. The van der Waals surface area contributed by atoms with Crippen LogP contribution in [0.2, 0.25) is 0 Å². The molecule has 2 aliphatic carbocycles. The maximum Gasteiger partial charge on any atom is 0.252 e. The summed E-state index contributed by atoms with van der Waals surface area (Å²) in [7, 11) is 0. The first-order valence-electron chi connectivity index (χ1n) is 10.9. The first-order valence-corrected chi connectivity index (χ1v) is 11.9. The molecular weight excluding hydrogens is 392 g/mol. The van der Waals surface area contributed by atoms with Crippen molar-refractivity contribution in [1.29, 1.82) is 0 Å². The van der Waals surface area contributed by atoms with Crippen LogP contribution in [-0.2, 0) is 4.79 Å². The van der Waals surface area contributed by atoms with Crippen molar-refractivity contribution in [1.82, 2.24) is 5.32 Å². The molecule has 4 unspecified atom stereocenters. The first-order chi connectivity index (χ1) is 14.5. The van der Waals surface area contributed by atoms with E-state index in [1.165, 1.54) is 37.4 Å². The number of aryl methyl sites for hydroxylation is 1. The molecular formula is C25H30N2O2S. The van der Waals surface area contributed by atoms with Gasteiger partial charge in [-0.15, -0.1) is 11.8 Å². The zero-order valence-electron chi connectivity index (χ0n) is 17.7. The van der Waals surface area contributed by atoms with Gasteiger partial charge in [0.05, 0.1) is 11.3 Å². The van der Waals surface area contributed by atoms with Crippen molar-refractivity contribution < 1.29 is 9.59 Å². The number of anilines is 1. The normalized spacial score (nSPS) is 23.2. The van der Waals surface area contributed by atoms with E-state index in [1.807, 2.05) is 55.5 Å². The molecule has 2 aromatic carbocycles. The molecule has 2 N–H and O–H groups in total. The van der Waals surface area contributed by atoms with Crippen LogP contribution in [0, 0.1) is 24.7 Å². The fourth-order valence-electron chi connectivity index (χ4n) is 5.06. The second kappa shape index (κ2) is 9.25. The summed E-state index contributed by atoms with van der Waals surface area (Å²) in [6.07, 6.45) is 5.28. The second-order valence-electron chi connectivity index (χ2n) is 8.80. The highest BCUT2D eigenvalue weighted by atomic mass is 32.2. The van der Waals surface area contributed by atoms with Crippen LogP contribution in [0.4, 0.5) is 5.69 Å². The molecule has 0 heterocycles. The summed E-state index contributed by atoms with van der Waals surface area (Å²) in [5.74, 6) is 2.41. The van der Waals surface area contributed by atoms with Gasteiger partial charge in [-0.25, -0.2) is 0 Å². The van der Waals surface area contributed by atoms with Crippen molar-refractivity contribution in [2.24, 2.45) is 17.8 Å². The van der Waals surface area contributed by atoms with Gasteiger partial charge >= 0.3 is 0 Å². The number of rotatable bonds is 7. The highest BCUT2D eigenvalue weighted by Crippen LogP contribution is 2.49. The average Bonchev–Trinajstić information content (AvgIpc) is 3.38. The van der Waals surface area contributed by atoms with Crippen LogP contribution >= 0.6 is 11.8 Å². The number of amides is 2. The van der Waals surface area contributed by atoms with E-state index < -0.39 is 0 Å². The quantitative estimate of drug-likeness (QED) is 0.597. The van der Waals surface area contributed by atoms with Crippen molar-refractivity contribution in [3.63, 3.8) is 0 Å². The SMILES string of the molecule is Cc1ccc(NC(=O)CSc2ccccc2C(=O)NC(C)C2CC3CCC2C3)cc1. The molecule has 2 saturated carbocycles. The molecule has 0 aromatic heterocycles. The summed E-state index contributed by atoms with van der Waals surface area (Å²) < 4.78 is 0. The summed E-state index contributed by atoms with van der Waals surface area (Å²) in [5, 5.41) is 6.16. The Kier molecular flexibility index (Phi) is 6.47. The molecule has 0 aliphatic heterocycles. The molecule has 4 rings (SSSR count). The Hall–Kier alpha value is -2.27. The Bertz CT molecular complexity index is 912. The minimum atomic E-state index is -0.0746. The number of hydrogen-bond donors (Lipinski definition) is 2. The second-order valence-corrected chi connectivity index (χ2v) is 9.82. The number of fused-ring (bicyclic) bond motifs is 2. The van der Waals surface area contributed by atoms with Crippen LogP contribution < -0.4 is 10.6 Å². The van der Waals surface area contributed by atoms with E-state index in [4.69, 9.17) is 0 Å². The predicted molar refractivity (Wildman–Crippen MR) is 123 cm³/mol. The Morgan fingerprint density at radius 3 is 2.53 bits per heavy atom. The van der Waals surface area contributed by atoms with Gasteiger partial charge in [0.2, 0.25) is 5.91 Å². The van der Waals surface area contributed by atoms with Crippen molar-refractivity contribution in [3.8, 4) is 0 Å². The molecule has 2 aromatic rings. The number of carbonyl (C=O) groups is 2. The molecule has 4 nitrogen and oxygen atoms in total. The molecule has 2 amide bonds. The maximum absolute atomic E-state index is 13.0. The fraction of sp³-hybridized carbons (Fsp3) is 0.440. The van der Waals surface area contributed by atoms with Gasteiger partial charge in [0.15, 0.2) is 0 Å². The Labute approximate surface area is 183 Å². The summed E-state index contributed by atoms with van der Waals surface area (Å²) in [6, 6.07) is 15.5. The fourth-order valence-corrected chi connectivity index (χ4v) is 5.91. The van der Waals surface area contributed by atoms with E-state index in [1.54, 1.807) is 0 Å². The van der Waals surface area contributed by atoms with Gasteiger partial charge in [-0.2, -0.15) is 0 Å². The number of carbonyl (C=O) groups excluding carboxylic acids is 2. The van der Waals surface area contributed by atoms with Crippen LogP contribution in [0.3, 0.4) is 0 Å². The minimum absolute atomic E-state index is 0.0349. The Morgan fingerprint density at radius 1 is 1.07 bits per heavy atom. The lowest BCUT2D eigenvalue weighted by molar-refractivity contribution is -0.113. The third-order valence-corrected chi connectivity index (χ3v) is 7.69. The zero-order chi connectivity index (χ0) is 21.1. The van der Waals surface area contributed by atoms with Crippen LogP contribution in [0.5, 0.6) is 0 Å². The molecule has 2 fully saturated rings. The van der Waals surface area contributed by atoms with Crippen molar-refractivity contribution >= 4 is 29.3 Å². The van der Waals surface area contributed by atoms with Gasteiger partial charge in [-0.3, -0.25) is 9.59 Å². The largest absolute Gasteiger partial charge is 0.349 e. The highest BCUT2D eigenvalue weighted by Gasteiger charge is 2.42. The standard InChI is InChI=1S/C25H30N2O2S/c1-16-7-11-20(12-8-16)27-24(28)15-30-23-6-4-3-5-21(23)25(29)26-17(2)22-14-18-9-10-19(22)13-18/h3-8,11-12,17-19,22H,9-10,13-15H2,1-2H3,(H,26,29)(H,27,28). The third kappa shape index (κ3) is 4.89. The monoisotopic (exact) mass is 422 g/mol. The number of thioether (sulfide) groups is 1. The number of benzene rings is 2. The van der Waals surface area contributed by atoms with Gasteiger partial charge in [-0.1, -0.05) is 36.2 Å². The molecule has 0 radical (unpaired) electrons. The Morgan fingerprint density at radius 2 is 1.83 bits per heavy atom. The summed E-state index contributed by atoms with van der Waals surface area (Å²) in [4.78, 5) is 26.2. The molecule has 2 aliphatic rings. The van der Waals surface area contributed by atoms with E-state index in [0.717, 1.165) is 28.0 Å². The van der Waals surface area contributed by atoms with Crippen molar-refractivity contribution in [2.75, 3.05) is 11.1 Å². The topological polar surface area (TPSA) is 58.2 Å². The maximum atomic E-state index is 13.0. The minimum Gasteiger partial charge on any atom is -0.349 e. The zero-order valence-corrected chi connectivity index (χ0v) is 18.5. The van der Waals surface area contributed by atoms with Gasteiger partial charge in [0.1, 0.15) is 0 Å². The van der Waals surface area contributed by atoms with Crippen LogP contribution in [-0.4, -0.2) is 23.6 Å². The smallest absolute Gasteiger partial charge is 0.252 e. The van der Waals surface area contributed by atoms with E-state index in [2.05, 4.69) is 17.6 Å². The predicted octanol–water partition coefficient (Wildman–Crippen LogP) is 5.28. The van der Waals surface area contributed by atoms with E-state index in [0.29, 0.717) is 11.5 Å². The van der Waals surface area contributed by atoms with Crippen molar-refractivity contribution in [2.45, 2.75) is 50.5 Å². The lowest BCUT2D eigenvalue weighted by atomic mass is 9.84. The number of hydrogen-bond acceptors (Lipinski definition) is 3. The van der Waals surface area contributed by atoms with E-state index >= 15 is 0 Å².